The molecule has 0 saturated carbocycles. The molecule has 0 bridgehead atoms. The first-order valence-electron chi connectivity index (χ1n) is 12.5. The monoisotopic (exact) mass is 508 g/mol. The lowest BCUT2D eigenvalue weighted by Gasteiger charge is -2.11. The summed E-state index contributed by atoms with van der Waals surface area (Å²) in [7, 11) is 0. The second kappa shape index (κ2) is 11.1. The number of aliphatic hydroxyl groups is 1. The van der Waals surface area contributed by atoms with Crippen molar-refractivity contribution in [1.29, 1.82) is 0 Å². The van der Waals surface area contributed by atoms with Gasteiger partial charge in [-0.15, -0.1) is 0 Å². The van der Waals surface area contributed by atoms with Gasteiger partial charge >= 0.3 is 5.97 Å². The average Bonchev–Trinajstić information content (AvgIpc) is 3.65. The summed E-state index contributed by atoms with van der Waals surface area (Å²) in [5, 5.41) is 24.9. The quantitative estimate of drug-likeness (QED) is 0.124. The fourth-order valence-electron chi connectivity index (χ4n) is 3.93. The van der Waals surface area contributed by atoms with Gasteiger partial charge in [0.2, 0.25) is 0 Å². The van der Waals surface area contributed by atoms with Gasteiger partial charge in [-0.2, -0.15) is 10.2 Å². The maximum absolute atomic E-state index is 11.5. The standard InChI is InChI=1S/C30H28N4O4/c1-3-29(35)37-23-12-8-19(9-13-23)25-17-27(33-31-25)21-6-5-7-22(16-21)28-18-26(32-34-28)20-10-14-24(15-11-20)38-30(36)4-2/h5-18,29,35H,3-4H2,1-2H3,(H,31,33)(H,32,34). The molecule has 0 amide bonds. The lowest BCUT2D eigenvalue weighted by molar-refractivity contribution is -0.134. The van der Waals surface area contributed by atoms with Crippen molar-refractivity contribution in [3.8, 4) is 56.5 Å². The van der Waals surface area contributed by atoms with Gasteiger partial charge in [0.05, 0.1) is 22.8 Å². The zero-order valence-electron chi connectivity index (χ0n) is 21.1. The van der Waals surface area contributed by atoms with E-state index in [0.29, 0.717) is 24.3 Å². The Labute approximate surface area is 220 Å². The van der Waals surface area contributed by atoms with E-state index in [1.807, 2.05) is 73.7 Å². The highest BCUT2D eigenvalue weighted by Gasteiger charge is 2.11. The van der Waals surface area contributed by atoms with Crippen LogP contribution in [-0.2, 0) is 4.79 Å². The Morgan fingerprint density at radius 3 is 1.79 bits per heavy atom. The molecule has 0 aliphatic heterocycles. The molecular formula is C30H28N4O4. The SMILES string of the molecule is CCC(=O)Oc1ccc(-c2cc(-c3cccc(-c4cc(-c5ccc(OC(O)CC)cc5)[nH]n4)c3)n[nH]2)cc1. The number of carbonyl (C=O) groups is 1. The number of ether oxygens (including phenoxy) is 2. The number of esters is 1. The Kier molecular flexibility index (Phi) is 7.33. The van der Waals surface area contributed by atoms with Gasteiger partial charge in [0.25, 0.3) is 0 Å². The van der Waals surface area contributed by atoms with E-state index in [4.69, 9.17) is 9.47 Å². The minimum absolute atomic E-state index is 0.263. The molecule has 8 nitrogen and oxygen atoms in total. The lowest BCUT2D eigenvalue weighted by Crippen LogP contribution is -2.13. The van der Waals surface area contributed by atoms with Crippen LogP contribution in [0.25, 0.3) is 45.0 Å². The number of aromatic amines is 2. The van der Waals surface area contributed by atoms with Crippen molar-refractivity contribution in [2.45, 2.75) is 33.0 Å². The summed E-state index contributed by atoms with van der Waals surface area (Å²) in [6.45, 7) is 3.62. The highest BCUT2D eigenvalue weighted by atomic mass is 16.6. The molecule has 38 heavy (non-hydrogen) atoms. The number of aromatic nitrogens is 4. The molecule has 3 aromatic carbocycles. The van der Waals surface area contributed by atoms with Gasteiger partial charge in [-0.1, -0.05) is 32.0 Å². The summed E-state index contributed by atoms with van der Waals surface area (Å²) < 4.78 is 10.7. The Bertz CT molecular complexity index is 1520. The molecule has 0 fully saturated rings. The van der Waals surface area contributed by atoms with Gasteiger partial charge in [-0.05, 0) is 77.9 Å². The minimum Gasteiger partial charge on any atom is -0.465 e. The normalized spacial score (nSPS) is 11.8. The van der Waals surface area contributed by atoms with E-state index in [9.17, 15) is 9.90 Å². The highest BCUT2D eigenvalue weighted by molar-refractivity contribution is 5.75. The summed E-state index contributed by atoms with van der Waals surface area (Å²) in [5.74, 6) is 0.872. The summed E-state index contributed by atoms with van der Waals surface area (Å²) in [4.78, 5) is 11.5. The van der Waals surface area contributed by atoms with E-state index in [2.05, 4.69) is 26.5 Å². The predicted octanol–water partition coefficient (Wildman–Crippen LogP) is 6.22. The van der Waals surface area contributed by atoms with Gasteiger partial charge in [-0.3, -0.25) is 15.0 Å². The number of H-pyrrole nitrogens is 2. The minimum atomic E-state index is -0.810. The summed E-state index contributed by atoms with van der Waals surface area (Å²) in [5.41, 5.74) is 7.18. The molecule has 0 saturated heterocycles. The Hall–Kier alpha value is -4.69. The first-order valence-corrected chi connectivity index (χ1v) is 12.5. The maximum Gasteiger partial charge on any atom is 0.310 e. The van der Waals surface area contributed by atoms with Gasteiger partial charge in [0.1, 0.15) is 11.5 Å². The van der Waals surface area contributed by atoms with Crippen molar-refractivity contribution in [2.24, 2.45) is 0 Å². The molecule has 3 N–H and O–H groups in total. The van der Waals surface area contributed by atoms with E-state index in [1.54, 1.807) is 19.1 Å². The third kappa shape index (κ3) is 5.66. The predicted molar refractivity (Wildman–Crippen MR) is 145 cm³/mol. The van der Waals surface area contributed by atoms with Crippen LogP contribution < -0.4 is 9.47 Å². The van der Waals surface area contributed by atoms with Crippen LogP contribution in [0.15, 0.2) is 84.9 Å². The zero-order valence-corrected chi connectivity index (χ0v) is 21.1. The molecule has 1 atom stereocenters. The second-order valence-corrected chi connectivity index (χ2v) is 8.77. The number of rotatable bonds is 9. The summed E-state index contributed by atoms with van der Waals surface area (Å²) in [6.07, 6.45) is 0.0440. The molecule has 0 spiro atoms. The van der Waals surface area contributed by atoms with Gasteiger partial charge in [0, 0.05) is 24.0 Å². The van der Waals surface area contributed by atoms with Crippen molar-refractivity contribution in [1.82, 2.24) is 20.4 Å². The first-order chi connectivity index (χ1) is 18.5. The van der Waals surface area contributed by atoms with E-state index in [-0.39, 0.29) is 5.97 Å². The molecule has 2 aromatic heterocycles. The molecule has 0 radical (unpaired) electrons. The number of carbonyl (C=O) groups excluding carboxylic acids is 1. The zero-order chi connectivity index (χ0) is 26.5. The van der Waals surface area contributed by atoms with Gasteiger partial charge in [0.15, 0.2) is 6.29 Å². The van der Waals surface area contributed by atoms with Crippen LogP contribution in [0.1, 0.15) is 26.7 Å². The molecule has 0 aliphatic rings. The van der Waals surface area contributed by atoms with Crippen LogP contribution >= 0.6 is 0 Å². The van der Waals surface area contributed by atoms with E-state index >= 15 is 0 Å². The van der Waals surface area contributed by atoms with E-state index in [0.717, 1.165) is 45.0 Å². The molecule has 2 heterocycles. The van der Waals surface area contributed by atoms with E-state index in [1.165, 1.54) is 0 Å². The number of hydrogen-bond acceptors (Lipinski definition) is 6. The van der Waals surface area contributed by atoms with Crippen LogP contribution in [0.3, 0.4) is 0 Å². The average molecular weight is 509 g/mol. The highest BCUT2D eigenvalue weighted by Crippen LogP contribution is 2.30. The number of nitrogens with zero attached hydrogens (tertiary/aromatic N) is 2. The molecular weight excluding hydrogens is 480 g/mol. The second-order valence-electron chi connectivity index (χ2n) is 8.77. The Morgan fingerprint density at radius 2 is 1.29 bits per heavy atom. The molecule has 192 valence electrons. The Morgan fingerprint density at radius 1 is 0.763 bits per heavy atom. The van der Waals surface area contributed by atoms with Crippen LogP contribution in [0.4, 0.5) is 0 Å². The smallest absolute Gasteiger partial charge is 0.310 e. The lowest BCUT2D eigenvalue weighted by atomic mass is 10.0. The van der Waals surface area contributed by atoms with Crippen LogP contribution in [0.5, 0.6) is 11.5 Å². The number of aliphatic hydroxyl groups excluding tert-OH is 1. The topological polar surface area (TPSA) is 113 Å². The molecule has 1 unspecified atom stereocenters. The van der Waals surface area contributed by atoms with Crippen LogP contribution in [0.2, 0.25) is 0 Å². The van der Waals surface area contributed by atoms with Crippen molar-refractivity contribution in [2.75, 3.05) is 0 Å². The van der Waals surface area contributed by atoms with Crippen LogP contribution in [-0.4, -0.2) is 37.8 Å². The molecule has 0 aliphatic carbocycles. The number of nitrogens with one attached hydrogen (secondary N) is 2. The summed E-state index contributed by atoms with van der Waals surface area (Å²) >= 11 is 0. The number of benzene rings is 3. The third-order valence-electron chi connectivity index (χ3n) is 6.08. The van der Waals surface area contributed by atoms with Crippen molar-refractivity contribution in [3.05, 3.63) is 84.9 Å². The number of hydrogen-bond donors (Lipinski definition) is 3. The fraction of sp³-hybridized carbons (Fsp3) is 0.167. The van der Waals surface area contributed by atoms with Gasteiger partial charge < -0.3 is 14.6 Å². The fourth-order valence-corrected chi connectivity index (χ4v) is 3.93. The summed E-state index contributed by atoms with van der Waals surface area (Å²) in [6, 6.07) is 26.9. The van der Waals surface area contributed by atoms with Crippen LogP contribution in [0, 0.1) is 0 Å². The third-order valence-corrected chi connectivity index (χ3v) is 6.08. The first kappa shape index (κ1) is 25.0. The maximum atomic E-state index is 11.5. The molecule has 5 rings (SSSR count). The van der Waals surface area contributed by atoms with Crippen molar-refractivity contribution in [3.63, 3.8) is 0 Å². The van der Waals surface area contributed by atoms with Crippen molar-refractivity contribution < 1.29 is 19.4 Å². The largest absolute Gasteiger partial charge is 0.465 e. The Balaban J connectivity index is 1.31. The molecule has 8 heteroatoms. The van der Waals surface area contributed by atoms with E-state index < -0.39 is 6.29 Å². The van der Waals surface area contributed by atoms with Gasteiger partial charge in [-0.25, -0.2) is 0 Å². The van der Waals surface area contributed by atoms with Crippen molar-refractivity contribution >= 4 is 5.97 Å². The molecule has 5 aromatic rings.